The lowest BCUT2D eigenvalue weighted by molar-refractivity contribution is -0.385. The molecular formula is C17H11F5N2O6. The van der Waals surface area contributed by atoms with Gasteiger partial charge in [0.05, 0.1) is 21.7 Å². The fraction of sp³-hybridized carbons (Fsp3) is 0.176. The van der Waals surface area contributed by atoms with Gasteiger partial charge in [0.25, 0.3) is 11.6 Å². The lowest BCUT2D eigenvalue weighted by Crippen LogP contribution is -2.23. The Morgan fingerprint density at radius 3 is 2.43 bits per heavy atom. The highest BCUT2D eigenvalue weighted by Crippen LogP contribution is 2.37. The Balaban J connectivity index is 2.06. The molecule has 0 saturated heterocycles. The molecule has 0 fully saturated rings. The third-order valence-corrected chi connectivity index (χ3v) is 3.42. The molecule has 0 heterocycles. The van der Waals surface area contributed by atoms with Crippen molar-refractivity contribution in [2.45, 2.75) is 12.8 Å². The predicted octanol–water partition coefficient (Wildman–Crippen LogP) is 4.01. The van der Waals surface area contributed by atoms with Crippen LogP contribution in [-0.2, 0) is 15.7 Å². The fourth-order valence-corrected chi connectivity index (χ4v) is 2.19. The highest BCUT2D eigenvalue weighted by molar-refractivity contribution is 5.96. The van der Waals surface area contributed by atoms with Gasteiger partial charge >= 0.3 is 18.8 Å². The number of nitrogens with zero attached hydrogens (tertiary/aromatic N) is 1. The smallest absolute Gasteiger partial charge is 0.418 e. The Kier molecular flexibility index (Phi) is 6.87. The van der Waals surface area contributed by atoms with Crippen molar-refractivity contribution in [1.82, 2.24) is 0 Å². The van der Waals surface area contributed by atoms with E-state index in [0.29, 0.717) is 6.07 Å². The summed E-state index contributed by atoms with van der Waals surface area (Å²) < 4.78 is 72.4. The van der Waals surface area contributed by atoms with Crippen molar-refractivity contribution in [3.63, 3.8) is 0 Å². The second-order valence-electron chi connectivity index (χ2n) is 5.52. The van der Waals surface area contributed by atoms with Gasteiger partial charge in [0.2, 0.25) is 0 Å². The van der Waals surface area contributed by atoms with Crippen LogP contribution in [-0.4, -0.2) is 30.0 Å². The summed E-state index contributed by atoms with van der Waals surface area (Å²) in [6.07, 6.45) is -5.00. The largest absolute Gasteiger partial charge is 0.452 e. The molecule has 13 heteroatoms. The Morgan fingerprint density at radius 1 is 1.13 bits per heavy atom. The summed E-state index contributed by atoms with van der Waals surface area (Å²) in [4.78, 5) is 33.3. The van der Waals surface area contributed by atoms with Gasteiger partial charge in [-0.1, -0.05) is 6.07 Å². The number of ether oxygens (including phenoxy) is 2. The molecular weight excluding hydrogens is 423 g/mol. The third-order valence-electron chi connectivity index (χ3n) is 3.42. The van der Waals surface area contributed by atoms with E-state index in [1.165, 1.54) is 12.1 Å². The number of nitro benzene ring substituents is 1. The van der Waals surface area contributed by atoms with Gasteiger partial charge in [-0.2, -0.15) is 22.0 Å². The molecule has 0 aromatic heterocycles. The van der Waals surface area contributed by atoms with Crippen LogP contribution in [0.2, 0.25) is 0 Å². The van der Waals surface area contributed by atoms with Crippen molar-refractivity contribution in [3.05, 3.63) is 63.7 Å². The molecule has 0 aliphatic rings. The lowest BCUT2D eigenvalue weighted by Gasteiger charge is -2.13. The highest BCUT2D eigenvalue weighted by Gasteiger charge is 2.35. The van der Waals surface area contributed by atoms with E-state index in [-0.39, 0.29) is 17.4 Å². The van der Waals surface area contributed by atoms with Crippen molar-refractivity contribution in [2.24, 2.45) is 0 Å². The molecule has 0 aliphatic heterocycles. The zero-order chi connectivity index (χ0) is 22.5. The summed E-state index contributed by atoms with van der Waals surface area (Å²) in [5.41, 5.74) is -3.32. The minimum absolute atomic E-state index is 0.243. The van der Waals surface area contributed by atoms with Gasteiger partial charge in [-0.15, -0.1) is 0 Å². The number of hydrogen-bond donors (Lipinski definition) is 1. The molecule has 2 aromatic carbocycles. The summed E-state index contributed by atoms with van der Waals surface area (Å²) in [5.74, 6) is -2.63. The molecule has 30 heavy (non-hydrogen) atoms. The van der Waals surface area contributed by atoms with Crippen LogP contribution in [0.4, 0.5) is 33.3 Å². The van der Waals surface area contributed by atoms with Gasteiger partial charge < -0.3 is 14.8 Å². The van der Waals surface area contributed by atoms with Gasteiger partial charge in [-0.05, 0) is 24.3 Å². The van der Waals surface area contributed by atoms with E-state index in [1.807, 2.05) is 5.32 Å². The minimum Gasteiger partial charge on any atom is -0.452 e. The predicted molar refractivity (Wildman–Crippen MR) is 90.1 cm³/mol. The van der Waals surface area contributed by atoms with Crippen LogP contribution in [0.25, 0.3) is 0 Å². The molecule has 8 nitrogen and oxygen atoms in total. The molecule has 2 aromatic rings. The van der Waals surface area contributed by atoms with Crippen LogP contribution in [0.15, 0.2) is 42.5 Å². The molecule has 160 valence electrons. The molecule has 0 spiro atoms. The van der Waals surface area contributed by atoms with Crippen LogP contribution < -0.4 is 10.1 Å². The maximum absolute atomic E-state index is 13.1. The number of halogens is 5. The molecule has 1 N–H and O–H groups in total. The zero-order valence-corrected chi connectivity index (χ0v) is 14.6. The molecule has 0 unspecified atom stereocenters. The molecule has 2 rings (SSSR count). The van der Waals surface area contributed by atoms with Crippen LogP contribution in [0.1, 0.15) is 15.9 Å². The molecule has 0 radical (unpaired) electrons. The van der Waals surface area contributed by atoms with Gasteiger partial charge in [-0.3, -0.25) is 14.9 Å². The first kappa shape index (κ1) is 22.5. The number of benzene rings is 2. The average molecular weight is 434 g/mol. The first-order chi connectivity index (χ1) is 14.0. The number of non-ortho nitro benzene ring substituents is 1. The van der Waals surface area contributed by atoms with E-state index in [1.54, 1.807) is 0 Å². The van der Waals surface area contributed by atoms with Gasteiger partial charge in [0.1, 0.15) is 5.75 Å². The summed E-state index contributed by atoms with van der Waals surface area (Å²) in [6, 6.07) is 6.14. The van der Waals surface area contributed by atoms with E-state index >= 15 is 0 Å². The minimum atomic E-state index is -5.00. The number of hydrogen-bond acceptors (Lipinski definition) is 6. The standard InChI is InChI=1S/C17H11F5N2O6/c18-16(19)30-11-3-1-2-9(6-11)15(26)29-8-14(25)23-13-5-4-10(24(27)28)7-12(13)17(20,21)22/h1-7,16H,8H2,(H,23,25). The number of esters is 1. The van der Waals surface area contributed by atoms with E-state index in [0.717, 1.165) is 18.2 Å². The quantitative estimate of drug-likeness (QED) is 0.305. The van der Waals surface area contributed by atoms with E-state index in [4.69, 9.17) is 0 Å². The van der Waals surface area contributed by atoms with Gasteiger partial charge in [0, 0.05) is 12.1 Å². The Labute approximate surface area is 164 Å². The fourth-order valence-electron chi connectivity index (χ4n) is 2.19. The average Bonchev–Trinajstić information content (AvgIpc) is 2.65. The number of nitrogens with one attached hydrogen (secondary N) is 1. The zero-order valence-electron chi connectivity index (χ0n) is 14.6. The van der Waals surface area contributed by atoms with Crippen LogP contribution in [0.5, 0.6) is 5.75 Å². The summed E-state index contributed by atoms with van der Waals surface area (Å²) >= 11 is 0. The normalized spacial score (nSPS) is 11.1. The molecule has 1 amide bonds. The van der Waals surface area contributed by atoms with Crippen LogP contribution in [0.3, 0.4) is 0 Å². The van der Waals surface area contributed by atoms with E-state index in [9.17, 15) is 41.7 Å². The molecule has 0 atom stereocenters. The number of alkyl halides is 5. The highest BCUT2D eigenvalue weighted by atomic mass is 19.4. The first-order valence-electron chi connectivity index (χ1n) is 7.85. The molecule has 0 bridgehead atoms. The Hall–Kier alpha value is -3.77. The topological polar surface area (TPSA) is 108 Å². The van der Waals surface area contributed by atoms with E-state index in [2.05, 4.69) is 9.47 Å². The number of nitro groups is 1. The number of carbonyl (C=O) groups is 2. The number of anilines is 1. The SMILES string of the molecule is O=C(COC(=O)c1cccc(OC(F)F)c1)Nc1ccc([N+](=O)[O-])cc1C(F)(F)F. The van der Waals surface area contributed by atoms with Crippen molar-refractivity contribution >= 4 is 23.3 Å². The number of amides is 1. The summed E-state index contributed by atoms with van der Waals surface area (Å²) in [7, 11) is 0. The second kappa shape index (κ2) is 9.15. The van der Waals surface area contributed by atoms with Crippen molar-refractivity contribution in [3.8, 4) is 5.75 Å². The Morgan fingerprint density at radius 2 is 1.83 bits per heavy atom. The van der Waals surface area contributed by atoms with Gasteiger partial charge in [-0.25, -0.2) is 4.79 Å². The molecule has 0 aliphatic carbocycles. The van der Waals surface area contributed by atoms with Crippen LogP contribution >= 0.6 is 0 Å². The van der Waals surface area contributed by atoms with E-state index < -0.39 is 53.1 Å². The summed E-state index contributed by atoms with van der Waals surface area (Å²) in [5, 5.41) is 12.5. The number of carbonyl (C=O) groups excluding carboxylic acids is 2. The molecule has 0 saturated carbocycles. The number of rotatable bonds is 7. The Bertz CT molecular complexity index is 964. The van der Waals surface area contributed by atoms with Crippen LogP contribution in [0, 0.1) is 10.1 Å². The monoisotopic (exact) mass is 434 g/mol. The van der Waals surface area contributed by atoms with Crippen molar-refractivity contribution in [1.29, 1.82) is 0 Å². The van der Waals surface area contributed by atoms with Gasteiger partial charge in [0.15, 0.2) is 6.61 Å². The summed E-state index contributed by atoms with van der Waals surface area (Å²) in [6.45, 7) is -4.14. The van der Waals surface area contributed by atoms with Crippen molar-refractivity contribution < 1.29 is 45.9 Å². The third kappa shape index (κ3) is 6.12. The first-order valence-corrected chi connectivity index (χ1v) is 7.85. The maximum Gasteiger partial charge on any atom is 0.418 e. The second-order valence-corrected chi connectivity index (χ2v) is 5.52. The maximum atomic E-state index is 13.1. The lowest BCUT2D eigenvalue weighted by atomic mass is 10.1. The van der Waals surface area contributed by atoms with Crippen molar-refractivity contribution in [2.75, 3.05) is 11.9 Å².